The molecule has 1 heterocycles. The lowest BCUT2D eigenvalue weighted by Gasteiger charge is -2.19. The molecule has 1 amide bonds. The number of benzene rings is 1. The molecule has 0 bridgehead atoms. The van der Waals surface area contributed by atoms with Gasteiger partial charge in [-0.15, -0.1) is 0 Å². The minimum atomic E-state index is -0.440. The zero-order chi connectivity index (χ0) is 13.3. The highest BCUT2D eigenvalue weighted by atomic mass is 79.9. The molecule has 6 nitrogen and oxygen atoms in total. The number of nitrogens with zero attached hydrogens (tertiary/aromatic N) is 2. The Bertz CT molecular complexity index is 506. The Hall–Kier alpha value is -1.63. The molecule has 1 saturated heterocycles. The third-order valence-electron chi connectivity index (χ3n) is 3.07. The molecular weight excluding hydrogens is 302 g/mol. The van der Waals surface area contributed by atoms with Crippen LogP contribution in [0.1, 0.15) is 6.42 Å². The number of hydrogen-bond acceptors (Lipinski definition) is 4. The lowest BCUT2D eigenvalue weighted by Crippen LogP contribution is -2.27. The van der Waals surface area contributed by atoms with Gasteiger partial charge in [0, 0.05) is 29.7 Å². The summed E-state index contributed by atoms with van der Waals surface area (Å²) >= 11 is 3.32. The number of nitro groups is 1. The topological polar surface area (TPSA) is 89.5 Å². The number of amides is 1. The maximum absolute atomic E-state index is 11.1. The zero-order valence-electron chi connectivity index (χ0n) is 9.51. The molecule has 0 radical (unpaired) electrons. The number of primary amides is 1. The van der Waals surface area contributed by atoms with E-state index in [0.717, 1.165) is 18.7 Å². The molecule has 1 fully saturated rings. The molecule has 0 aliphatic carbocycles. The molecular formula is C11H12BrN3O3. The first kappa shape index (κ1) is 12.8. The van der Waals surface area contributed by atoms with Crippen molar-refractivity contribution in [3.63, 3.8) is 0 Å². The summed E-state index contributed by atoms with van der Waals surface area (Å²) in [7, 11) is 0. The zero-order valence-corrected chi connectivity index (χ0v) is 11.1. The first-order valence-electron chi connectivity index (χ1n) is 5.47. The second-order valence-electron chi connectivity index (χ2n) is 4.23. The summed E-state index contributed by atoms with van der Waals surface area (Å²) < 4.78 is 0.654. The molecule has 0 spiro atoms. The smallest absolute Gasteiger partial charge is 0.270 e. The van der Waals surface area contributed by atoms with Gasteiger partial charge in [0.15, 0.2) is 0 Å². The number of nitro benzene ring substituents is 1. The van der Waals surface area contributed by atoms with Crippen molar-refractivity contribution >= 4 is 33.2 Å². The van der Waals surface area contributed by atoms with E-state index < -0.39 is 4.92 Å². The van der Waals surface area contributed by atoms with Crippen LogP contribution in [0.15, 0.2) is 22.7 Å². The summed E-state index contributed by atoms with van der Waals surface area (Å²) in [6, 6.07) is 4.61. The minimum absolute atomic E-state index is 0.0382. The van der Waals surface area contributed by atoms with E-state index in [2.05, 4.69) is 15.9 Å². The van der Waals surface area contributed by atoms with Crippen LogP contribution in [-0.2, 0) is 4.79 Å². The van der Waals surface area contributed by atoms with E-state index in [0.29, 0.717) is 11.0 Å². The molecule has 2 N–H and O–H groups in total. The minimum Gasteiger partial charge on any atom is -0.370 e. The molecule has 0 aromatic heterocycles. The van der Waals surface area contributed by atoms with E-state index in [1.54, 1.807) is 6.07 Å². The number of nitrogens with two attached hydrogens (primary N) is 1. The van der Waals surface area contributed by atoms with Crippen LogP contribution in [0.25, 0.3) is 0 Å². The summed E-state index contributed by atoms with van der Waals surface area (Å²) in [5, 5.41) is 10.6. The maximum Gasteiger partial charge on any atom is 0.270 e. The summed E-state index contributed by atoms with van der Waals surface area (Å²) in [4.78, 5) is 23.3. The molecule has 96 valence electrons. The van der Waals surface area contributed by atoms with Crippen LogP contribution < -0.4 is 10.6 Å². The summed E-state index contributed by atoms with van der Waals surface area (Å²) in [6.07, 6.45) is 0.721. The summed E-state index contributed by atoms with van der Waals surface area (Å²) in [5.41, 5.74) is 6.16. The molecule has 2 rings (SSSR count). The Kier molecular flexibility index (Phi) is 3.51. The Balaban J connectivity index is 2.20. The van der Waals surface area contributed by atoms with E-state index in [9.17, 15) is 14.9 Å². The molecule has 1 atom stereocenters. The van der Waals surface area contributed by atoms with Crippen LogP contribution in [0.2, 0.25) is 0 Å². The third kappa shape index (κ3) is 2.45. The SMILES string of the molecule is NC(=O)[C@H]1CCN(c2ccc([N+](=O)[O-])cc2Br)C1. The Morgan fingerprint density at radius 3 is 2.78 bits per heavy atom. The van der Waals surface area contributed by atoms with E-state index in [1.807, 2.05) is 4.90 Å². The van der Waals surface area contributed by atoms with Crippen molar-refractivity contribution in [2.75, 3.05) is 18.0 Å². The number of hydrogen-bond donors (Lipinski definition) is 1. The molecule has 1 aromatic rings. The fourth-order valence-electron chi connectivity index (χ4n) is 2.08. The van der Waals surface area contributed by atoms with Crippen molar-refractivity contribution < 1.29 is 9.72 Å². The van der Waals surface area contributed by atoms with Crippen molar-refractivity contribution in [2.45, 2.75) is 6.42 Å². The van der Waals surface area contributed by atoms with Gasteiger partial charge in [0.25, 0.3) is 5.69 Å². The van der Waals surface area contributed by atoms with Crippen molar-refractivity contribution in [1.29, 1.82) is 0 Å². The van der Waals surface area contributed by atoms with Gasteiger partial charge in [0.1, 0.15) is 0 Å². The molecule has 1 aliphatic rings. The van der Waals surface area contributed by atoms with E-state index in [4.69, 9.17) is 5.73 Å². The van der Waals surface area contributed by atoms with Gasteiger partial charge in [-0.1, -0.05) is 0 Å². The fourth-order valence-corrected chi connectivity index (χ4v) is 2.69. The van der Waals surface area contributed by atoms with E-state index >= 15 is 0 Å². The van der Waals surface area contributed by atoms with Gasteiger partial charge >= 0.3 is 0 Å². The van der Waals surface area contributed by atoms with E-state index in [1.165, 1.54) is 12.1 Å². The monoisotopic (exact) mass is 313 g/mol. The van der Waals surface area contributed by atoms with Crippen molar-refractivity contribution in [2.24, 2.45) is 11.7 Å². The van der Waals surface area contributed by atoms with Gasteiger partial charge in [-0.2, -0.15) is 0 Å². The van der Waals surface area contributed by atoms with Gasteiger partial charge in [0.05, 0.1) is 16.5 Å². The number of rotatable bonds is 3. The van der Waals surface area contributed by atoms with Gasteiger partial charge < -0.3 is 10.6 Å². The second kappa shape index (κ2) is 4.93. The second-order valence-corrected chi connectivity index (χ2v) is 5.08. The molecule has 18 heavy (non-hydrogen) atoms. The molecule has 1 aliphatic heterocycles. The van der Waals surface area contributed by atoms with Gasteiger partial charge in [-0.25, -0.2) is 0 Å². The van der Waals surface area contributed by atoms with Gasteiger partial charge in [0.2, 0.25) is 5.91 Å². The number of halogens is 1. The highest BCUT2D eigenvalue weighted by Crippen LogP contribution is 2.33. The summed E-state index contributed by atoms with van der Waals surface area (Å²) in [6.45, 7) is 1.29. The highest BCUT2D eigenvalue weighted by molar-refractivity contribution is 9.10. The third-order valence-corrected chi connectivity index (χ3v) is 3.71. The normalized spacial score (nSPS) is 18.9. The van der Waals surface area contributed by atoms with Crippen LogP contribution in [0.5, 0.6) is 0 Å². The Morgan fingerprint density at radius 2 is 2.28 bits per heavy atom. The molecule has 0 unspecified atom stereocenters. The Labute approximate surface area is 112 Å². The quantitative estimate of drug-likeness (QED) is 0.679. The first-order chi connectivity index (χ1) is 8.49. The number of non-ortho nitro benzene ring substituents is 1. The van der Waals surface area contributed by atoms with Crippen LogP contribution in [0.3, 0.4) is 0 Å². The number of anilines is 1. The standard InChI is InChI=1S/C11H12BrN3O3/c12-9-5-8(15(17)18)1-2-10(9)14-4-3-7(6-14)11(13)16/h1-2,5,7H,3-4,6H2,(H2,13,16)/t7-/m0/s1. The Morgan fingerprint density at radius 1 is 1.56 bits per heavy atom. The van der Waals surface area contributed by atoms with E-state index in [-0.39, 0.29) is 17.5 Å². The maximum atomic E-state index is 11.1. The lowest BCUT2D eigenvalue weighted by atomic mass is 10.1. The predicted octanol–water partition coefficient (Wildman–Crippen LogP) is 1.67. The predicted molar refractivity (Wildman–Crippen MR) is 70.3 cm³/mol. The summed E-state index contributed by atoms with van der Waals surface area (Å²) in [5.74, 6) is -0.442. The van der Waals surface area contributed by atoms with Crippen LogP contribution in [0.4, 0.5) is 11.4 Å². The number of carbonyl (C=O) groups is 1. The van der Waals surface area contributed by atoms with Crippen LogP contribution in [-0.4, -0.2) is 23.9 Å². The molecule has 0 saturated carbocycles. The van der Waals surface area contributed by atoms with Crippen LogP contribution in [0, 0.1) is 16.0 Å². The average Bonchev–Trinajstić information content (AvgIpc) is 2.78. The van der Waals surface area contributed by atoms with Crippen LogP contribution >= 0.6 is 15.9 Å². The molecule has 1 aromatic carbocycles. The van der Waals surface area contributed by atoms with Gasteiger partial charge in [-0.05, 0) is 28.4 Å². The van der Waals surface area contributed by atoms with Crippen molar-refractivity contribution in [1.82, 2.24) is 0 Å². The van der Waals surface area contributed by atoms with Crippen molar-refractivity contribution in [3.8, 4) is 0 Å². The number of carbonyl (C=O) groups excluding carboxylic acids is 1. The lowest BCUT2D eigenvalue weighted by molar-refractivity contribution is -0.384. The highest BCUT2D eigenvalue weighted by Gasteiger charge is 2.28. The average molecular weight is 314 g/mol. The van der Waals surface area contributed by atoms with Crippen molar-refractivity contribution in [3.05, 3.63) is 32.8 Å². The largest absolute Gasteiger partial charge is 0.370 e. The molecule has 7 heteroatoms. The fraction of sp³-hybridized carbons (Fsp3) is 0.364. The first-order valence-corrected chi connectivity index (χ1v) is 6.26. The van der Waals surface area contributed by atoms with Gasteiger partial charge in [-0.3, -0.25) is 14.9 Å².